The van der Waals surface area contributed by atoms with Crippen LogP contribution in [0.1, 0.15) is 16.0 Å². The number of amides is 1. The van der Waals surface area contributed by atoms with Gasteiger partial charge in [0.05, 0.1) is 0 Å². The van der Waals surface area contributed by atoms with Crippen molar-refractivity contribution in [3.8, 4) is 0 Å². The fourth-order valence-electron chi connectivity index (χ4n) is 1.72. The third-order valence-electron chi connectivity index (χ3n) is 2.95. The lowest BCUT2D eigenvalue weighted by molar-refractivity contribution is -0.142. The molecule has 5 heteroatoms. The Bertz CT molecular complexity index is 686. The Morgan fingerprint density at radius 2 is 1.91 bits per heavy atom. The summed E-state index contributed by atoms with van der Waals surface area (Å²) in [6.45, 7) is 3.63. The number of carbonyl (C=O) groups is 2. The molecule has 114 valence electrons. The molecule has 0 atom stereocenters. The van der Waals surface area contributed by atoms with Crippen LogP contribution in [0.25, 0.3) is 6.08 Å². The molecule has 0 aliphatic heterocycles. The molecule has 4 nitrogen and oxygen atoms in total. The largest absolute Gasteiger partial charge is 0.452 e. The van der Waals surface area contributed by atoms with Gasteiger partial charge in [0, 0.05) is 16.6 Å². The average molecular weight is 315 g/mol. The van der Waals surface area contributed by atoms with Crippen LogP contribution in [0.3, 0.4) is 0 Å². The lowest BCUT2D eigenvalue weighted by atomic mass is 10.2. The number of aryl methyl sites for hydroxylation is 2. The van der Waals surface area contributed by atoms with Crippen molar-refractivity contribution >= 4 is 35.0 Å². The van der Waals surface area contributed by atoms with E-state index in [1.807, 2.05) is 37.4 Å². The zero-order valence-electron chi connectivity index (χ0n) is 12.5. The van der Waals surface area contributed by atoms with Gasteiger partial charge in [-0.1, -0.05) is 17.7 Å². The van der Waals surface area contributed by atoms with Crippen molar-refractivity contribution in [1.29, 1.82) is 0 Å². The summed E-state index contributed by atoms with van der Waals surface area (Å²) in [4.78, 5) is 24.2. The van der Waals surface area contributed by atoms with E-state index in [0.717, 1.165) is 16.0 Å². The Labute approximate surface area is 133 Å². The summed E-state index contributed by atoms with van der Waals surface area (Å²) in [7, 11) is 0. The maximum absolute atomic E-state index is 11.7. The highest BCUT2D eigenvalue weighted by Gasteiger charge is 2.06. The smallest absolute Gasteiger partial charge is 0.331 e. The second-order valence-corrected chi connectivity index (χ2v) is 5.77. The first-order chi connectivity index (χ1) is 10.5. The highest BCUT2D eigenvalue weighted by Crippen LogP contribution is 2.17. The molecule has 0 fully saturated rings. The number of hydrogen-bond acceptors (Lipinski definition) is 4. The SMILES string of the molecule is Cc1ccc(NC(=O)COC(=O)/C=C/c2sccc2C)cc1. The molecule has 2 rings (SSSR count). The molecule has 0 spiro atoms. The molecular formula is C17H17NO3S. The number of hydrogen-bond donors (Lipinski definition) is 1. The van der Waals surface area contributed by atoms with Crippen molar-refractivity contribution in [3.63, 3.8) is 0 Å². The Morgan fingerprint density at radius 1 is 1.18 bits per heavy atom. The van der Waals surface area contributed by atoms with Crippen LogP contribution < -0.4 is 5.32 Å². The monoisotopic (exact) mass is 315 g/mol. The topological polar surface area (TPSA) is 55.4 Å². The minimum Gasteiger partial charge on any atom is -0.452 e. The number of rotatable bonds is 5. The standard InChI is InChI=1S/C17H17NO3S/c1-12-3-5-14(6-4-12)18-16(19)11-21-17(20)8-7-15-13(2)9-10-22-15/h3-10H,11H2,1-2H3,(H,18,19)/b8-7+. The van der Waals surface area contributed by atoms with E-state index in [4.69, 9.17) is 4.74 Å². The molecule has 1 heterocycles. The normalized spacial score (nSPS) is 10.6. The number of thiophene rings is 1. The third kappa shape index (κ3) is 4.86. The summed E-state index contributed by atoms with van der Waals surface area (Å²) in [5.41, 5.74) is 2.89. The lowest BCUT2D eigenvalue weighted by Crippen LogP contribution is -2.20. The van der Waals surface area contributed by atoms with Gasteiger partial charge in [-0.2, -0.15) is 0 Å². The summed E-state index contributed by atoms with van der Waals surface area (Å²) in [6.07, 6.45) is 3.03. The molecule has 0 bridgehead atoms. The number of anilines is 1. The second kappa shape index (κ2) is 7.56. The lowest BCUT2D eigenvalue weighted by Gasteiger charge is -2.05. The number of esters is 1. The van der Waals surface area contributed by atoms with Crippen LogP contribution in [0.2, 0.25) is 0 Å². The molecule has 0 saturated heterocycles. The zero-order valence-corrected chi connectivity index (χ0v) is 13.3. The fourth-order valence-corrected chi connectivity index (χ4v) is 2.54. The van der Waals surface area contributed by atoms with Gasteiger partial charge in [-0.15, -0.1) is 11.3 Å². The zero-order chi connectivity index (χ0) is 15.9. The summed E-state index contributed by atoms with van der Waals surface area (Å²) < 4.78 is 4.90. The minimum atomic E-state index is -0.535. The van der Waals surface area contributed by atoms with Gasteiger partial charge in [-0.3, -0.25) is 4.79 Å². The molecular weight excluding hydrogens is 298 g/mol. The van der Waals surface area contributed by atoms with Crippen LogP contribution in [0.4, 0.5) is 5.69 Å². The summed E-state index contributed by atoms with van der Waals surface area (Å²) in [5, 5.41) is 4.62. The van der Waals surface area contributed by atoms with Crippen LogP contribution >= 0.6 is 11.3 Å². The van der Waals surface area contributed by atoms with Crippen LogP contribution in [-0.4, -0.2) is 18.5 Å². The van der Waals surface area contributed by atoms with Crippen molar-refractivity contribution in [2.24, 2.45) is 0 Å². The van der Waals surface area contributed by atoms with E-state index in [1.165, 1.54) is 6.08 Å². The molecule has 1 aromatic heterocycles. The second-order valence-electron chi connectivity index (χ2n) is 4.82. The molecule has 22 heavy (non-hydrogen) atoms. The number of carbonyl (C=O) groups excluding carboxylic acids is 2. The fraction of sp³-hybridized carbons (Fsp3) is 0.176. The Kier molecular flexibility index (Phi) is 5.49. The molecule has 2 aromatic rings. The minimum absolute atomic E-state index is 0.305. The molecule has 0 aliphatic rings. The Morgan fingerprint density at radius 3 is 2.55 bits per heavy atom. The molecule has 1 N–H and O–H groups in total. The van der Waals surface area contributed by atoms with Crippen LogP contribution in [-0.2, 0) is 14.3 Å². The van der Waals surface area contributed by atoms with Gasteiger partial charge >= 0.3 is 5.97 Å². The van der Waals surface area contributed by atoms with Crippen molar-refractivity contribution in [3.05, 3.63) is 57.8 Å². The van der Waals surface area contributed by atoms with E-state index >= 15 is 0 Å². The first-order valence-electron chi connectivity index (χ1n) is 6.80. The van der Waals surface area contributed by atoms with Crippen LogP contribution in [0.5, 0.6) is 0 Å². The van der Waals surface area contributed by atoms with Gasteiger partial charge in [-0.05, 0) is 49.1 Å². The number of ether oxygens (including phenoxy) is 1. The molecule has 0 radical (unpaired) electrons. The molecule has 1 aromatic carbocycles. The van der Waals surface area contributed by atoms with E-state index in [2.05, 4.69) is 5.32 Å². The summed E-state index contributed by atoms with van der Waals surface area (Å²) >= 11 is 1.54. The van der Waals surface area contributed by atoms with E-state index in [-0.39, 0.29) is 12.5 Å². The molecule has 0 aliphatic carbocycles. The van der Waals surface area contributed by atoms with Gasteiger partial charge in [0.1, 0.15) is 0 Å². The van der Waals surface area contributed by atoms with Crippen molar-refractivity contribution in [2.75, 3.05) is 11.9 Å². The Balaban J connectivity index is 1.78. The van der Waals surface area contributed by atoms with E-state index in [1.54, 1.807) is 29.5 Å². The average Bonchev–Trinajstić information content (AvgIpc) is 2.91. The van der Waals surface area contributed by atoms with Gasteiger partial charge in [0.25, 0.3) is 5.91 Å². The highest BCUT2D eigenvalue weighted by atomic mass is 32.1. The summed E-state index contributed by atoms with van der Waals surface area (Å²) in [5.74, 6) is -0.898. The maximum atomic E-state index is 11.7. The van der Waals surface area contributed by atoms with Gasteiger partial charge < -0.3 is 10.1 Å². The van der Waals surface area contributed by atoms with Gasteiger partial charge in [-0.25, -0.2) is 4.79 Å². The molecule has 0 saturated carbocycles. The van der Waals surface area contributed by atoms with Crippen molar-refractivity contribution in [2.45, 2.75) is 13.8 Å². The molecule has 1 amide bonds. The number of benzene rings is 1. The maximum Gasteiger partial charge on any atom is 0.331 e. The number of nitrogens with one attached hydrogen (secondary N) is 1. The van der Waals surface area contributed by atoms with Gasteiger partial charge in [0.15, 0.2) is 6.61 Å². The van der Waals surface area contributed by atoms with Crippen molar-refractivity contribution < 1.29 is 14.3 Å². The van der Waals surface area contributed by atoms with E-state index < -0.39 is 5.97 Å². The third-order valence-corrected chi connectivity index (χ3v) is 3.94. The van der Waals surface area contributed by atoms with Crippen LogP contribution in [0.15, 0.2) is 41.8 Å². The van der Waals surface area contributed by atoms with E-state index in [0.29, 0.717) is 5.69 Å². The predicted molar refractivity (Wildman–Crippen MR) is 88.9 cm³/mol. The predicted octanol–water partition coefficient (Wildman–Crippen LogP) is 3.56. The summed E-state index contributed by atoms with van der Waals surface area (Å²) in [6, 6.07) is 9.37. The van der Waals surface area contributed by atoms with E-state index in [9.17, 15) is 9.59 Å². The van der Waals surface area contributed by atoms with Crippen LogP contribution in [0, 0.1) is 13.8 Å². The molecule has 0 unspecified atom stereocenters. The first-order valence-corrected chi connectivity index (χ1v) is 7.68. The quantitative estimate of drug-likeness (QED) is 0.678. The first kappa shape index (κ1) is 16.0. The Hall–Kier alpha value is -2.40. The van der Waals surface area contributed by atoms with Crippen molar-refractivity contribution in [1.82, 2.24) is 0 Å². The van der Waals surface area contributed by atoms with Gasteiger partial charge in [0.2, 0.25) is 0 Å². The highest BCUT2D eigenvalue weighted by molar-refractivity contribution is 7.11.